The maximum Gasteiger partial charge on any atom is 0.316 e. The Morgan fingerprint density at radius 2 is 2.00 bits per heavy atom. The number of aromatic amines is 1. The summed E-state index contributed by atoms with van der Waals surface area (Å²) in [5.41, 5.74) is 0.971. The molecule has 0 fully saturated rings. The van der Waals surface area contributed by atoms with Crippen molar-refractivity contribution in [3.63, 3.8) is 0 Å². The fourth-order valence-corrected chi connectivity index (χ4v) is 3.11. The fraction of sp³-hybridized carbons (Fsp3) is 0.200. The third kappa shape index (κ3) is 3.24. The first-order valence-corrected chi connectivity index (χ1v) is 8.90. The van der Waals surface area contributed by atoms with Crippen molar-refractivity contribution in [3.8, 4) is 11.4 Å². The second-order valence-electron chi connectivity index (χ2n) is 6.42. The molecule has 2 aromatic carbocycles. The van der Waals surface area contributed by atoms with Crippen LogP contribution in [-0.4, -0.2) is 19.7 Å². The normalized spacial score (nSPS) is 11.2. The molecule has 2 aromatic heterocycles. The average molecular weight is 380 g/mol. The number of aryl methyl sites for hydroxylation is 1. The smallest absolute Gasteiger partial charge is 0.316 e. The van der Waals surface area contributed by atoms with Gasteiger partial charge in [-0.2, -0.15) is 4.98 Å². The molecule has 0 spiro atoms. The molecule has 8 heteroatoms. The summed E-state index contributed by atoms with van der Waals surface area (Å²) >= 11 is 0. The third-order valence-corrected chi connectivity index (χ3v) is 4.45. The number of fused-ring (bicyclic) bond motifs is 1. The van der Waals surface area contributed by atoms with Crippen molar-refractivity contribution in [1.82, 2.24) is 19.7 Å². The molecule has 1 N–H and O–H groups in total. The quantitative estimate of drug-likeness (QED) is 0.537. The van der Waals surface area contributed by atoms with Crippen LogP contribution in [0.4, 0.5) is 4.39 Å². The van der Waals surface area contributed by atoms with E-state index in [0.29, 0.717) is 34.5 Å². The molecule has 0 aliphatic rings. The summed E-state index contributed by atoms with van der Waals surface area (Å²) in [5, 5.41) is 3.95. The molecule has 7 nitrogen and oxygen atoms in total. The molecule has 4 rings (SSSR count). The second kappa shape index (κ2) is 7.22. The maximum atomic E-state index is 13.8. The van der Waals surface area contributed by atoms with Crippen LogP contribution < -0.4 is 11.1 Å². The minimum Gasteiger partial charge on any atom is -0.339 e. The molecule has 0 saturated heterocycles. The second-order valence-corrected chi connectivity index (χ2v) is 6.42. The molecule has 2 heterocycles. The fourth-order valence-electron chi connectivity index (χ4n) is 3.11. The Morgan fingerprint density at radius 1 is 1.18 bits per heavy atom. The van der Waals surface area contributed by atoms with Crippen LogP contribution in [0.3, 0.4) is 0 Å². The van der Waals surface area contributed by atoms with Crippen LogP contribution in [0.25, 0.3) is 22.4 Å². The number of H-pyrrole nitrogens is 1. The summed E-state index contributed by atoms with van der Waals surface area (Å²) in [6.45, 7) is 2.39. The van der Waals surface area contributed by atoms with E-state index >= 15 is 0 Å². The minimum absolute atomic E-state index is 0.181. The SMILES string of the molecule is CCCn1c(=O)c(=O)[nH]c2cc(-c3noc(Cc4ccccc4F)n3)ccc21. The van der Waals surface area contributed by atoms with Gasteiger partial charge in [0.2, 0.25) is 11.7 Å². The van der Waals surface area contributed by atoms with E-state index in [-0.39, 0.29) is 18.1 Å². The average Bonchev–Trinajstić information content (AvgIpc) is 3.15. The number of nitrogens with zero attached hydrogens (tertiary/aromatic N) is 3. The summed E-state index contributed by atoms with van der Waals surface area (Å²) in [6.07, 6.45) is 0.907. The molecule has 28 heavy (non-hydrogen) atoms. The van der Waals surface area contributed by atoms with Gasteiger partial charge in [-0.1, -0.05) is 30.3 Å². The zero-order valence-electron chi connectivity index (χ0n) is 15.1. The lowest BCUT2D eigenvalue weighted by Crippen LogP contribution is -2.36. The molecular weight excluding hydrogens is 363 g/mol. The number of rotatable bonds is 5. The largest absolute Gasteiger partial charge is 0.339 e. The Balaban J connectivity index is 1.71. The van der Waals surface area contributed by atoms with Crippen LogP contribution in [0.2, 0.25) is 0 Å². The Hall–Kier alpha value is -3.55. The van der Waals surface area contributed by atoms with E-state index in [0.717, 1.165) is 6.42 Å². The highest BCUT2D eigenvalue weighted by molar-refractivity contribution is 5.80. The predicted molar refractivity (Wildman–Crippen MR) is 102 cm³/mol. The molecule has 0 amide bonds. The van der Waals surface area contributed by atoms with Gasteiger partial charge in [-0.25, -0.2) is 4.39 Å². The number of nitrogens with one attached hydrogen (secondary N) is 1. The van der Waals surface area contributed by atoms with Gasteiger partial charge in [-0.05, 0) is 36.2 Å². The number of halogens is 1. The van der Waals surface area contributed by atoms with E-state index in [1.165, 1.54) is 10.6 Å². The molecule has 142 valence electrons. The van der Waals surface area contributed by atoms with E-state index in [2.05, 4.69) is 15.1 Å². The summed E-state index contributed by atoms with van der Waals surface area (Å²) in [5.74, 6) is 0.270. The van der Waals surface area contributed by atoms with Crippen LogP contribution in [0, 0.1) is 5.82 Å². The molecule has 0 atom stereocenters. The molecule has 0 bridgehead atoms. The highest BCUT2D eigenvalue weighted by Crippen LogP contribution is 2.21. The van der Waals surface area contributed by atoms with Gasteiger partial charge in [0.05, 0.1) is 17.5 Å². The van der Waals surface area contributed by atoms with Crippen molar-refractivity contribution in [2.24, 2.45) is 0 Å². The van der Waals surface area contributed by atoms with Crippen molar-refractivity contribution >= 4 is 11.0 Å². The van der Waals surface area contributed by atoms with E-state index in [1.807, 2.05) is 6.92 Å². The number of benzene rings is 2. The first kappa shape index (κ1) is 17.8. The van der Waals surface area contributed by atoms with Gasteiger partial charge in [0.15, 0.2) is 0 Å². The van der Waals surface area contributed by atoms with E-state index in [1.54, 1.807) is 36.4 Å². The summed E-state index contributed by atoms with van der Waals surface area (Å²) in [7, 11) is 0. The van der Waals surface area contributed by atoms with Gasteiger partial charge in [0.25, 0.3) is 0 Å². The standard InChI is InChI=1S/C20H17FN4O3/c1-2-9-25-16-8-7-13(10-15(16)22-19(26)20(25)27)18-23-17(28-24-18)11-12-5-3-4-6-14(12)21/h3-8,10H,2,9,11H2,1H3,(H,22,26). The van der Waals surface area contributed by atoms with Gasteiger partial charge in [0.1, 0.15) is 5.82 Å². The lowest BCUT2D eigenvalue weighted by atomic mass is 10.1. The number of hydrogen-bond donors (Lipinski definition) is 1. The van der Waals surface area contributed by atoms with Gasteiger partial charge in [-0.15, -0.1) is 0 Å². The third-order valence-electron chi connectivity index (χ3n) is 4.45. The molecule has 4 aromatic rings. The Labute approximate surface area is 158 Å². The minimum atomic E-state index is -0.675. The highest BCUT2D eigenvalue weighted by Gasteiger charge is 2.13. The Bertz CT molecular complexity index is 1270. The van der Waals surface area contributed by atoms with Crippen molar-refractivity contribution in [3.05, 3.63) is 80.4 Å². The first-order valence-electron chi connectivity index (χ1n) is 8.90. The van der Waals surface area contributed by atoms with Gasteiger partial charge in [-0.3, -0.25) is 9.59 Å². The number of aromatic nitrogens is 4. The summed E-state index contributed by atoms with van der Waals surface area (Å²) in [6, 6.07) is 11.6. The van der Waals surface area contributed by atoms with Crippen molar-refractivity contribution in [2.75, 3.05) is 0 Å². The summed E-state index contributed by atoms with van der Waals surface area (Å²) < 4.78 is 20.5. The first-order chi connectivity index (χ1) is 13.6. The van der Waals surface area contributed by atoms with Crippen molar-refractivity contribution in [1.29, 1.82) is 0 Å². The highest BCUT2D eigenvalue weighted by atomic mass is 19.1. The Kier molecular flexibility index (Phi) is 4.60. The zero-order valence-corrected chi connectivity index (χ0v) is 15.1. The molecule has 0 unspecified atom stereocenters. The van der Waals surface area contributed by atoms with E-state index in [4.69, 9.17) is 4.52 Å². The molecular formula is C20H17FN4O3. The van der Waals surface area contributed by atoms with E-state index < -0.39 is 11.1 Å². The predicted octanol–water partition coefficient (Wildman–Crippen LogP) is 2.88. The molecule has 0 aliphatic heterocycles. The van der Waals surface area contributed by atoms with E-state index in [9.17, 15) is 14.0 Å². The topological polar surface area (TPSA) is 93.8 Å². The van der Waals surface area contributed by atoms with Crippen molar-refractivity contribution < 1.29 is 8.91 Å². The van der Waals surface area contributed by atoms with Gasteiger partial charge < -0.3 is 14.1 Å². The molecule has 0 radical (unpaired) electrons. The summed E-state index contributed by atoms with van der Waals surface area (Å²) in [4.78, 5) is 30.9. The van der Waals surface area contributed by atoms with Gasteiger partial charge >= 0.3 is 11.1 Å². The molecule has 0 aliphatic carbocycles. The van der Waals surface area contributed by atoms with Crippen LogP contribution in [0.1, 0.15) is 24.8 Å². The monoisotopic (exact) mass is 380 g/mol. The molecule has 0 saturated carbocycles. The lowest BCUT2D eigenvalue weighted by molar-refractivity contribution is 0.384. The van der Waals surface area contributed by atoms with Crippen molar-refractivity contribution in [2.45, 2.75) is 26.3 Å². The number of hydrogen-bond acceptors (Lipinski definition) is 5. The zero-order chi connectivity index (χ0) is 19.7. The van der Waals surface area contributed by atoms with Crippen LogP contribution in [-0.2, 0) is 13.0 Å². The maximum absolute atomic E-state index is 13.8. The van der Waals surface area contributed by atoms with Gasteiger partial charge in [0, 0.05) is 12.1 Å². The Morgan fingerprint density at radius 3 is 2.79 bits per heavy atom. The van der Waals surface area contributed by atoms with Crippen LogP contribution in [0.15, 0.2) is 56.6 Å². The van der Waals surface area contributed by atoms with Crippen LogP contribution >= 0.6 is 0 Å². The van der Waals surface area contributed by atoms with Crippen LogP contribution in [0.5, 0.6) is 0 Å². The lowest BCUT2D eigenvalue weighted by Gasteiger charge is -2.08.